The van der Waals surface area contributed by atoms with Gasteiger partial charge < -0.3 is 20.6 Å². The lowest BCUT2D eigenvalue weighted by molar-refractivity contribution is -0.119. The quantitative estimate of drug-likeness (QED) is 0.595. The highest BCUT2D eigenvalue weighted by atomic mass is 16.3. The summed E-state index contributed by atoms with van der Waals surface area (Å²) in [6, 6.07) is 5.16. The SMILES string of the molecule is CC(=O)NCC(O)C(O)c1cccc(CO)c1C. The molecule has 0 aliphatic rings. The van der Waals surface area contributed by atoms with Gasteiger partial charge in [-0.3, -0.25) is 4.79 Å². The lowest BCUT2D eigenvalue weighted by atomic mass is 9.96. The van der Waals surface area contributed by atoms with Gasteiger partial charge in [0, 0.05) is 13.5 Å². The van der Waals surface area contributed by atoms with Crippen molar-refractivity contribution in [3.8, 4) is 0 Å². The number of amides is 1. The van der Waals surface area contributed by atoms with Gasteiger partial charge in [-0.15, -0.1) is 0 Å². The molecule has 1 rings (SSSR count). The molecule has 0 fully saturated rings. The van der Waals surface area contributed by atoms with E-state index in [2.05, 4.69) is 5.32 Å². The Hall–Kier alpha value is -1.43. The Kier molecular flexibility index (Phi) is 5.27. The normalized spacial score (nSPS) is 14.1. The number of hydrogen-bond acceptors (Lipinski definition) is 4. The first-order valence-electron chi connectivity index (χ1n) is 5.77. The van der Waals surface area contributed by atoms with Crippen LogP contribution in [0.2, 0.25) is 0 Å². The highest BCUT2D eigenvalue weighted by molar-refractivity contribution is 5.72. The fourth-order valence-corrected chi connectivity index (χ4v) is 1.76. The van der Waals surface area contributed by atoms with Crippen LogP contribution < -0.4 is 5.32 Å². The van der Waals surface area contributed by atoms with Gasteiger partial charge in [0.25, 0.3) is 0 Å². The average molecular weight is 253 g/mol. The summed E-state index contributed by atoms with van der Waals surface area (Å²) in [5.41, 5.74) is 2.01. The van der Waals surface area contributed by atoms with Gasteiger partial charge in [-0.05, 0) is 23.6 Å². The number of rotatable bonds is 5. The highest BCUT2D eigenvalue weighted by Gasteiger charge is 2.20. The van der Waals surface area contributed by atoms with Crippen molar-refractivity contribution in [3.63, 3.8) is 0 Å². The number of benzene rings is 1. The molecule has 5 nitrogen and oxygen atoms in total. The third-order valence-corrected chi connectivity index (χ3v) is 2.90. The molecule has 5 heteroatoms. The van der Waals surface area contributed by atoms with Crippen LogP contribution in [0.1, 0.15) is 29.7 Å². The molecule has 4 N–H and O–H groups in total. The number of aliphatic hydroxyl groups is 3. The van der Waals surface area contributed by atoms with Crippen LogP contribution in [0, 0.1) is 6.92 Å². The summed E-state index contributed by atoms with van der Waals surface area (Å²) in [5, 5.41) is 31.4. The van der Waals surface area contributed by atoms with E-state index in [1.807, 2.05) is 0 Å². The summed E-state index contributed by atoms with van der Waals surface area (Å²) >= 11 is 0. The zero-order valence-electron chi connectivity index (χ0n) is 10.6. The Labute approximate surface area is 106 Å². The van der Waals surface area contributed by atoms with Crippen LogP contribution in [0.25, 0.3) is 0 Å². The summed E-state index contributed by atoms with van der Waals surface area (Å²) < 4.78 is 0. The van der Waals surface area contributed by atoms with Crippen LogP contribution in [-0.2, 0) is 11.4 Å². The molecular weight excluding hydrogens is 234 g/mol. The van der Waals surface area contributed by atoms with Crippen molar-refractivity contribution in [2.24, 2.45) is 0 Å². The van der Waals surface area contributed by atoms with E-state index in [0.717, 1.165) is 5.56 Å². The van der Waals surface area contributed by atoms with Crippen molar-refractivity contribution in [3.05, 3.63) is 34.9 Å². The molecule has 0 bridgehead atoms. The minimum Gasteiger partial charge on any atom is -0.392 e. The van der Waals surface area contributed by atoms with Gasteiger partial charge in [0.1, 0.15) is 12.2 Å². The van der Waals surface area contributed by atoms with Gasteiger partial charge in [0.15, 0.2) is 0 Å². The zero-order valence-corrected chi connectivity index (χ0v) is 10.6. The predicted octanol–water partition coefficient (Wildman–Crippen LogP) is 0.0177. The molecule has 0 aromatic heterocycles. The van der Waals surface area contributed by atoms with E-state index in [1.54, 1.807) is 25.1 Å². The van der Waals surface area contributed by atoms with Crippen molar-refractivity contribution >= 4 is 5.91 Å². The predicted molar refractivity (Wildman–Crippen MR) is 66.8 cm³/mol. The molecule has 0 saturated heterocycles. The van der Waals surface area contributed by atoms with Crippen molar-refractivity contribution < 1.29 is 20.1 Å². The van der Waals surface area contributed by atoms with Gasteiger partial charge >= 0.3 is 0 Å². The largest absolute Gasteiger partial charge is 0.392 e. The molecule has 0 heterocycles. The van der Waals surface area contributed by atoms with Crippen LogP contribution in [0.4, 0.5) is 0 Å². The summed E-state index contributed by atoms with van der Waals surface area (Å²) in [7, 11) is 0. The third kappa shape index (κ3) is 3.53. The molecule has 1 amide bonds. The standard InChI is InChI=1S/C13H19NO4/c1-8-10(7-15)4-3-5-11(8)13(18)12(17)6-14-9(2)16/h3-5,12-13,15,17-18H,6-7H2,1-2H3,(H,14,16). The zero-order chi connectivity index (χ0) is 13.7. The van der Waals surface area contributed by atoms with Crippen LogP contribution in [0.3, 0.4) is 0 Å². The van der Waals surface area contributed by atoms with E-state index < -0.39 is 12.2 Å². The molecule has 0 spiro atoms. The number of carbonyl (C=O) groups excluding carboxylic acids is 1. The Morgan fingerprint density at radius 3 is 2.61 bits per heavy atom. The van der Waals surface area contributed by atoms with Crippen LogP contribution >= 0.6 is 0 Å². The van der Waals surface area contributed by atoms with Crippen LogP contribution in [0.5, 0.6) is 0 Å². The van der Waals surface area contributed by atoms with E-state index in [1.165, 1.54) is 6.92 Å². The molecule has 18 heavy (non-hydrogen) atoms. The number of hydrogen-bond donors (Lipinski definition) is 4. The fourth-order valence-electron chi connectivity index (χ4n) is 1.76. The number of nitrogens with one attached hydrogen (secondary N) is 1. The molecule has 0 radical (unpaired) electrons. The number of aliphatic hydroxyl groups excluding tert-OH is 3. The van der Waals surface area contributed by atoms with E-state index in [0.29, 0.717) is 11.1 Å². The van der Waals surface area contributed by atoms with E-state index in [9.17, 15) is 15.0 Å². The molecule has 1 aromatic carbocycles. The second-order valence-electron chi connectivity index (χ2n) is 4.24. The van der Waals surface area contributed by atoms with Gasteiger partial charge in [-0.2, -0.15) is 0 Å². The van der Waals surface area contributed by atoms with Gasteiger partial charge in [0.2, 0.25) is 5.91 Å². The van der Waals surface area contributed by atoms with Gasteiger partial charge in [0.05, 0.1) is 6.61 Å². The summed E-state index contributed by atoms with van der Waals surface area (Å²) in [4.78, 5) is 10.7. The Balaban J connectivity index is 2.83. The van der Waals surface area contributed by atoms with Gasteiger partial charge in [-0.1, -0.05) is 18.2 Å². The highest BCUT2D eigenvalue weighted by Crippen LogP contribution is 2.23. The first-order valence-corrected chi connectivity index (χ1v) is 5.77. The smallest absolute Gasteiger partial charge is 0.216 e. The van der Waals surface area contributed by atoms with E-state index >= 15 is 0 Å². The number of carbonyl (C=O) groups is 1. The first-order chi connectivity index (χ1) is 8.47. The monoisotopic (exact) mass is 253 g/mol. The van der Waals surface area contributed by atoms with Crippen molar-refractivity contribution in [1.82, 2.24) is 5.32 Å². The maximum Gasteiger partial charge on any atom is 0.216 e. The minimum absolute atomic E-state index is 0.0146. The summed E-state index contributed by atoms with van der Waals surface area (Å²) in [5.74, 6) is -0.262. The molecule has 2 unspecified atom stereocenters. The summed E-state index contributed by atoms with van der Waals surface area (Å²) in [6.07, 6.45) is -2.18. The molecular formula is C13H19NO4. The van der Waals surface area contributed by atoms with Gasteiger partial charge in [-0.25, -0.2) is 0 Å². The lowest BCUT2D eigenvalue weighted by Crippen LogP contribution is -2.34. The molecule has 100 valence electrons. The van der Waals surface area contributed by atoms with Crippen molar-refractivity contribution in [1.29, 1.82) is 0 Å². The topological polar surface area (TPSA) is 89.8 Å². The Morgan fingerprint density at radius 1 is 1.39 bits per heavy atom. The minimum atomic E-state index is -1.09. The first kappa shape index (κ1) is 14.6. The molecule has 0 saturated carbocycles. The lowest BCUT2D eigenvalue weighted by Gasteiger charge is -2.21. The van der Waals surface area contributed by atoms with Crippen LogP contribution in [-0.4, -0.2) is 33.9 Å². The molecule has 0 aliphatic heterocycles. The third-order valence-electron chi connectivity index (χ3n) is 2.90. The fraction of sp³-hybridized carbons (Fsp3) is 0.462. The second kappa shape index (κ2) is 6.49. The van der Waals surface area contributed by atoms with Crippen LogP contribution in [0.15, 0.2) is 18.2 Å². The maximum absolute atomic E-state index is 10.7. The van der Waals surface area contributed by atoms with E-state index in [-0.39, 0.29) is 19.1 Å². The molecule has 0 aliphatic carbocycles. The van der Waals surface area contributed by atoms with E-state index in [4.69, 9.17) is 5.11 Å². The molecule has 2 atom stereocenters. The van der Waals surface area contributed by atoms with Crippen molar-refractivity contribution in [2.45, 2.75) is 32.7 Å². The maximum atomic E-state index is 10.7. The Bertz CT molecular complexity index is 419. The second-order valence-corrected chi connectivity index (χ2v) is 4.24. The van der Waals surface area contributed by atoms with Crippen molar-refractivity contribution in [2.75, 3.05) is 6.54 Å². The summed E-state index contributed by atoms with van der Waals surface area (Å²) in [6.45, 7) is 2.99. The average Bonchev–Trinajstić information content (AvgIpc) is 2.35. The Morgan fingerprint density at radius 2 is 2.06 bits per heavy atom. The molecule has 1 aromatic rings.